The van der Waals surface area contributed by atoms with Gasteiger partial charge in [0.15, 0.2) is 6.54 Å². The van der Waals surface area contributed by atoms with Crippen LogP contribution in [0.15, 0.2) is 33.9 Å². The molecule has 2 amide bonds. The first kappa shape index (κ1) is 17.0. The highest BCUT2D eigenvalue weighted by Gasteiger charge is 2.27. The topological polar surface area (TPSA) is 92.8 Å². The third-order valence-corrected chi connectivity index (χ3v) is 5.35. The lowest BCUT2D eigenvalue weighted by Gasteiger charge is -2.28. The summed E-state index contributed by atoms with van der Waals surface area (Å²) < 4.78 is 5.64. The van der Waals surface area contributed by atoms with Gasteiger partial charge in [-0.3, -0.25) is 9.59 Å². The highest BCUT2D eigenvalue weighted by atomic mass is 32.2. The summed E-state index contributed by atoms with van der Waals surface area (Å²) in [4.78, 5) is 27.4. The summed E-state index contributed by atoms with van der Waals surface area (Å²) in [5.74, 6) is 0.386. The lowest BCUT2D eigenvalue weighted by Crippen LogP contribution is -3.08. The van der Waals surface area contributed by atoms with Crippen LogP contribution in [0.25, 0.3) is 0 Å². The van der Waals surface area contributed by atoms with E-state index in [4.69, 9.17) is 4.42 Å². The predicted molar refractivity (Wildman–Crippen MR) is 96.1 cm³/mol. The molecular weight excluding hydrogens is 354 g/mol. The predicted octanol–water partition coefficient (Wildman–Crippen LogP) is 0.326. The molecule has 1 aromatic carbocycles. The van der Waals surface area contributed by atoms with E-state index in [1.165, 1.54) is 34.4 Å². The lowest BCUT2D eigenvalue weighted by molar-refractivity contribution is -0.902. The number of amides is 2. The third-order valence-electron chi connectivity index (χ3n) is 4.55. The molecule has 2 aromatic rings. The summed E-state index contributed by atoms with van der Waals surface area (Å²) in [6, 6.07) is 7.27. The van der Waals surface area contributed by atoms with E-state index in [1.54, 1.807) is 6.07 Å². The van der Waals surface area contributed by atoms with Crippen molar-refractivity contribution >= 4 is 35.0 Å². The number of para-hydroxylation sites is 2. The fraction of sp³-hybridized carbons (Fsp3) is 0.412. The average Bonchev–Trinajstić information content (AvgIpc) is 3.31. The van der Waals surface area contributed by atoms with Crippen LogP contribution in [0.5, 0.6) is 0 Å². The smallest absolute Gasteiger partial charge is 0.277 e. The molecular formula is C17H20N5O3S+. The van der Waals surface area contributed by atoms with Gasteiger partial charge in [0.2, 0.25) is 11.8 Å². The number of nitrogens with zero attached hydrogens (tertiary/aromatic N) is 3. The Morgan fingerprint density at radius 2 is 2.08 bits per heavy atom. The Kier molecular flexibility index (Phi) is 4.89. The Morgan fingerprint density at radius 3 is 2.92 bits per heavy atom. The van der Waals surface area contributed by atoms with E-state index < -0.39 is 0 Å². The quantitative estimate of drug-likeness (QED) is 0.733. The van der Waals surface area contributed by atoms with Crippen molar-refractivity contribution in [1.82, 2.24) is 10.2 Å². The standard InChI is InChI=1S/C17H19N5O3S/c23-14-9-22(13-6-2-1-5-12(13)18-14)16(24)11-26-17-20-19-15(25-17)10-21-7-3-4-8-21/h1-2,5-6H,3-4,7-11H2,(H,18,23)/p+1. The fourth-order valence-corrected chi connectivity index (χ4v) is 3.95. The molecule has 0 spiro atoms. The van der Waals surface area contributed by atoms with E-state index in [2.05, 4.69) is 15.5 Å². The SMILES string of the molecule is O=C1CN(C(=O)CSc2nnc(C[NH+]3CCCC3)o2)c2ccccc2N1. The average molecular weight is 374 g/mol. The van der Waals surface area contributed by atoms with E-state index in [9.17, 15) is 9.59 Å². The summed E-state index contributed by atoms with van der Waals surface area (Å²) in [7, 11) is 0. The van der Waals surface area contributed by atoms with Crippen LogP contribution in [-0.2, 0) is 16.1 Å². The number of likely N-dealkylation sites (tertiary alicyclic amines) is 1. The first-order chi connectivity index (χ1) is 12.7. The van der Waals surface area contributed by atoms with Gasteiger partial charge in [0.05, 0.1) is 30.2 Å². The van der Waals surface area contributed by atoms with Crippen LogP contribution in [0, 0.1) is 0 Å². The zero-order valence-electron chi connectivity index (χ0n) is 14.2. The molecule has 2 N–H and O–H groups in total. The Bertz CT molecular complexity index is 818. The molecule has 0 bridgehead atoms. The number of carbonyl (C=O) groups excluding carboxylic acids is 2. The van der Waals surface area contributed by atoms with Crippen molar-refractivity contribution in [3.8, 4) is 0 Å². The van der Waals surface area contributed by atoms with Crippen molar-refractivity contribution in [2.45, 2.75) is 24.6 Å². The summed E-state index contributed by atoms with van der Waals surface area (Å²) in [6.45, 7) is 3.03. The van der Waals surface area contributed by atoms with Gasteiger partial charge < -0.3 is 19.5 Å². The first-order valence-electron chi connectivity index (χ1n) is 8.67. The molecule has 1 aromatic heterocycles. The number of nitrogens with one attached hydrogen (secondary N) is 2. The Morgan fingerprint density at radius 1 is 1.27 bits per heavy atom. The zero-order chi connectivity index (χ0) is 17.9. The van der Waals surface area contributed by atoms with Crippen molar-refractivity contribution < 1.29 is 18.9 Å². The van der Waals surface area contributed by atoms with E-state index >= 15 is 0 Å². The molecule has 1 saturated heterocycles. The molecule has 0 aliphatic carbocycles. The van der Waals surface area contributed by atoms with Crippen molar-refractivity contribution in [3.05, 3.63) is 30.2 Å². The van der Waals surface area contributed by atoms with E-state index in [1.807, 2.05) is 18.2 Å². The maximum Gasteiger partial charge on any atom is 0.277 e. The molecule has 0 radical (unpaired) electrons. The van der Waals surface area contributed by atoms with Crippen LogP contribution >= 0.6 is 11.8 Å². The molecule has 0 unspecified atom stereocenters. The molecule has 0 atom stereocenters. The van der Waals surface area contributed by atoms with Gasteiger partial charge in [-0.15, -0.1) is 10.2 Å². The van der Waals surface area contributed by atoms with Gasteiger partial charge in [-0.25, -0.2) is 0 Å². The number of rotatable bonds is 5. The van der Waals surface area contributed by atoms with Gasteiger partial charge >= 0.3 is 0 Å². The lowest BCUT2D eigenvalue weighted by atomic mass is 10.2. The van der Waals surface area contributed by atoms with Gasteiger partial charge in [0, 0.05) is 12.8 Å². The van der Waals surface area contributed by atoms with E-state index in [0.717, 1.165) is 19.6 Å². The number of hydrogen-bond acceptors (Lipinski definition) is 6. The molecule has 26 heavy (non-hydrogen) atoms. The number of anilines is 2. The van der Waals surface area contributed by atoms with E-state index in [-0.39, 0.29) is 24.1 Å². The zero-order valence-corrected chi connectivity index (χ0v) is 15.1. The normalized spacial score (nSPS) is 17.2. The van der Waals surface area contributed by atoms with Gasteiger partial charge in [-0.1, -0.05) is 23.9 Å². The molecule has 8 nitrogen and oxygen atoms in total. The minimum atomic E-state index is -0.198. The van der Waals surface area contributed by atoms with Crippen molar-refractivity contribution in [2.24, 2.45) is 0 Å². The summed E-state index contributed by atoms with van der Waals surface area (Å²) >= 11 is 1.20. The maximum atomic E-state index is 12.6. The molecule has 2 aliphatic rings. The number of benzene rings is 1. The molecule has 136 valence electrons. The Hall–Kier alpha value is -2.39. The molecule has 1 fully saturated rings. The van der Waals surface area contributed by atoms with Gasteiger partial charge in [0.1, 0.15) is 6.54 Å². The number of fused-ring (bicyclic) bond motifs is 1. The van der Waals surface area contributed by atoms with Gasteiger partial charge in [-0.05, 0) is 12.1 Å². The Balaban J connectivity index is 1.37. The highest BCUT2D eigenvalue weighted by Crippen LogP contribution is 2.29. The van der Waals surface area contributed by atoms with Gasteiger partial charge in [-0.2, -0.15) is 0 Å². The second kappa shape index (κ2) is 7.46. The molecule has 9 heteroatoms. The summed E-state index contributed by atoms with van der Waals surface area (Å²) in [5, 5.41) is 11.3. The van der Waals surface area contributed by atoms with Crippen LogP contribution in [0.1, 0.15) is 18.7 Å². The second-order valence-corrected chi connectivity index (χ2v) is 7.36. The second-order valence-electron chi connectivity index (χ2n) is 6.43. The monoisotopic (exact) mass is 374 g/mol. The third kappa shape index (κ3) is 3.73. The largest absolute Gasteiger partial charge is 0.410 e. The minimum Gasteiger partial charge on any atom is -0.410 e. The number of thioether (sulfide) groups is 1. The van der Waals surface area contributed by atoms with Gasteiger partial charge in [0.25, 0.3) is 11.1 Å². The van der Waals surface area contributed by atoms with E-state index in [0.29, 0.717) is 22.5 Å². The summed E-state index contributed by atoms with van der Waals surface area (Å²) in [6.07, 6.45) is 2.48. The number of aromatic nitrogens is 2. The van der Waals surface area contributed by atoms with Crippen LogP contribution in [0.2, 0.25) is 0 Å². The van der Waals surface area contributed by atoms with Crippen molar-refractivity contribution in [1.29, 1.82) is 0 Å². The van der Waals surface area contributed by atoms with Crippen LogP contribution in [0.3, 0.4) is 0 Å². The first-order valence-corrected chi connectivity index (χ1v) is 9.65. The van der Waals surface area contributed by atoms with Crippen LogP contribution in [-0.4, -0.2) is 47.4 Å². The molecule has 4 rings (SSSR count). The van der Waals surface area contributed by atoms with Crippen LogP contribution in [0.4, 0.5) is 11.4 Å². The van der Waals surface area contributed by atoms with Crippen molar-refractivity contribution in [2.75, 3.05) is 35.6 Å². The van der Waals surface area contributed by atoms with Crippen LogP contribution < -0.4 is 15.1 Å². The number of quaternary nitrogens is 1. The number of carbonyl (C=O) groups is 2. The minimum absolute atomic E-state index is 0.0177. The maximum absolute atomic E-state index is 12.6. The summed E-state index contributed by atoms with van der Waals surface area (Å²) in [5.41, 5.74) is 1.36. The highest BCUT2D eigenvalue weighted by molar-refractivity contribution is 7.99. The Labute approximate surface area is 154 Å². The molecule has 3 heterocycles. The molecule has 0 saturated carbocycles. The van der Waals surface area contributed by atoms with Crippen molar-refractivity contribution in [3.63, 3.8) is 0 Å². The molecule has 2 aliphatic heterocycles. The number of hydrogen-bond donors (Lipinski definition) is 2. The fourth-order valence-electron chi connectivity index (χ4n) is 3.29.